The van der Waals surface area contributed by atoms with Crippen LogP contribution in [0.4, 0.5) is 0 Å². The Bertz CT molecular complexity index is 669. The van der Waals surface area contributed by atoms with Crippen molar-refractivity contribution in [2.24, 2.45) is 11.8 Å². The zero-order valence-electron chi connectivity index (χ0n) is 11.0. The number of hydrogen-bond donors (Lipinski definition) is 1. The first kappa shape index (κ1) is 12.3. The second-order valence-corrected chi connectivity index (χ2v) is 6.61. The molecule has 1 N–H and O–H groups in total. The smallest absolute Gasteiger partial charge is 0.274 e. The van der Waals surface area contributed by atoms with Crippen LogP contribution in [-0.4, -0.2) is 39.5 Å². The second kappa shape index (κ2) is 4.53. The van der Waals surface area contributed by atoms with Crippen molar-refractivity contribution in [3.8, 4) is 0 Å². The molecule has 0 unspecified atom stereocenters. The highest BCUT2D eigenvalue weighted by Crippen LogP contribution is 2.38. The van der Waals surface area contributed by atoms with Gasteiger partial charge in [0.05, 0.1) is 10.8 Å². The summed E-state index contributed by atoms with van der Waals surface area (Å²) in [7, 11) is 0. The number of carbonyl (C=O) groups excluding carboxylic acids is 1. The number of nitrogens with zero attached hydrogens (tertiary/aromatic N) is 2. The fourth-order valence-corrected chi connectivity index (χ4v) is 4.36. The molecule has 2 aliphatic rings. The lowest BCUT2D eigenvalue weighted by Crippen LogP contribution is -2.31. The summed E-state index contributed by atoms with van der Waals surface area (Å²) in [5, 5.41) is 10.9. The molecule has 0 spiro atoms. The summed E-state index contributed by atoms with van der Waals surface area (Å²) < 4.78 is 5.39. The monoisotopic (exact) mass is 288 g/mol. The lowest BCUT2D eigenvalue weighted by Gasteiger charge is -2.17. The van der Waals surface area contributed by atoms with Crippen LogP contribution in [0.3, 0.4) is 0 Å². The highest BCUT2D eigenvalue weighted by atomic mass is 32.1. The molecular formula is C15H16N2O2S. The van der Waals surface area contributed by atoms with Gasteiger partial charge in [-0.25, -0.2) is 0 Å². The Hall–Kier alpha value is -1.46. The number of aliphatic hydroxyl groups excluding tert-OH is 1. The number of benzene rings is 1. The molecule has 5 heteroatoms. The molecule has 1 aliphatic carbocycles. The number of hydrogen-bond acceptors (Lipinski definition) is 4. The van der Waals surface area contributed by atoms with E-state index in [1.165, 1.54) is 11.5 Å². The largest absolute Gasteiger partial charge is 0.393 e. The molecule has 0 radical (unpaired) electrons. The third-order valence-corrected chi connectivity index (χ3v) is 5.51. The molecule has 4 rings (SSSR count). The average molecular weight is 288 g/mol. The van der Waals surface area contributed by atoms with Crippen LogP contribution in [0.2, 0.25) is 0 Å². The van der Waals surface area contributed by atoms with Crippen molar-refractivity contribution in [3.63, 3.8) is 0 Å². The first-order valence-corrected chi connectivity index (χ1v) is 7.83. The highest BCUT2D eigenvalue weighted by molar-refractivity contribution is 7.13. The molecule has 1 aliphatic heterocycles. The second-order valence-electron chi connectivity index (χ2n) is 5.81. The van der Waals surface area contributed by atoms with Gasteiger partial charge in [0, 0.05) is 24.4 Å². The van der Waals surface area contributed by atoms with Crippen LogP contribution in [0.1, 0.15) is 23.3 Å². The van der Waals surface area contributed by atoms with Crippen molar-refractivity contribution in [2.75, 3.05) is 13.1 Å². The molecule has 4 nitrogen and oxygen atoms in total. The highest BCUT2D eigenvalue weighted by Gasteiger charge is 2.43. The van der Waals surface area contributed by atoms with E-state index in [-0.39, 0.29) is 17.9 Å². The van der Waals surface area contributed by atoms with Gasteiger partial charge in [-0.05, 0) is 36.4 Å². The number of rotatable bonds is 1. The Kier molecular flexibility index (Phi) is 2.79. The molecule has 1 amide bonds. The summed E-state index contributed by atoms with van der Waals surface area (Å²) in [6, 6.07) is 7.85. The van der Waals surface area contributed by atoms with Gasteiger partial charge in [-0.2, -0.15) is 4.37 Å². The maximum Gasteiger partial charge on any atom is 0.274 e. The minimum Gasteiger partial charge on any atom is -0.393 e. The Morgan fingerprint density at radius 1 is 1.30 bits per heavy atom. The molecule has 0 bridgehead atoms. The van der Waals surface area contributed by atoms with E-state index in [0.717, 1.165) is 29.5 Å². The predicted octanol–water partition coefficient (Wildman–Crippen LogP) is 2.14. The number of aromatic nitrogens is 1. The summed E-state index contributed by atoms with van der Waals surface area (Å²) in [6.07, 6.45) is 1.69. The van der Waals surface area contributed by atoms with Crippen LogP contribution in [0.5, 0.6) is 0 Å². The number of likely N-dealkylation sites (tertiary alicyclic amines) is 1. The van der Waals surface area contributed by atoms with E-state index >= 15 is 0 Å². The van der Waals surface area contributed by atoms with Gasteiger partial charge in [-0.3, -0.25) is 4.79 Å². The van der Waals surface area contributed by atoms with E-state index in [4.69, 9.17) is 0 Å². The first-order chi connectivity index (χ1) is 9.74. The Balaban J connectivity index is 1.62. The maximum atomic E-state index is 12.6. The van der Waals surface area contributed by atoms with Crippen molar-refractivity contribution in [1.29, 1.82) is 0 Å². The number of carbonyl (C=O) groups is 1. The normalized spacial score (nSPS) is 29.1. The molecule has 104 valence electrons. The maximum absolute atomic E-state index is 12.6. The van der Waals surface area contributed by atoms with Gasteiger partial charge in [0.25, 0.3) is 5.91 Å². The summed E-state index contributed by atoms with van der Waals surface area (Å²) >= 11 is 1.38. The predicted molar refractivity (Wildman–Crippen MR) is 77.7 cm³/mol. The van der Waals surface area contributed by atoms with Gasteiger partial charge in [0.1, 0.15) is 5.69 Å². The van der Waals surface area contributed by atoms with Crippen molar-refractivity contribution in [1.82, 2.24) is 9.27 Å². The quantitative estimate of drug-likeness (QED) is 0.874. The van der Waals surface area contributed by atoms with E-state index in [9.17, 15) is 9.90 Å². The minimum absolute atomic E-state index is 0.0176. The zero-order valence-corrected chi connectivity index (χ0v) is 11.8. The van der Waals surface area contributed by atoms with E-state index in [2.05, 4.69) is 4.37 Å². The average Bonchev–Trinajstić information content (AvgIpc) is 3.14. The van der Waals surface area contributed by atoms with Gasteiger partial charge in [0.2, 0.25) is 0 Å². The Morgan fingerprint density at radius 3 is 3.00 bits per heavy atom. The van der Waals surface area contributed by atoms with E-state index < -0.39 is 0 Å². The fourth-order valence-electron chi connectivity index (χ4n) is 3.59. The van der Waals surface area contributed by atoms with E-state index in [1.54, 1.807) is 0 Å². The molecule has 1 aromatic heterocycles. The molecule has 1 aromatic carbocycles. The first-order valence-electron chi connectivity index (χ1n) is 7.06. The van der Waals surface area contributed by atoms with Crippen molar-refractivity contribution < 1.29 is 9.90 Å². The number of aliphatic hydroxyl groups is 1. The van der Waals surface area contributed by atoms with Crippen LogP contribution >= 0.6 is 11.5 Å². The topological polar surface area (TPSA) is 53.4 Å². The molecular weight excluding hydrogens is 272 g/mol. The Morgan fingerprint density at radius 2 is 2.15 bits per heavy atom. The molecule has 2 aromatic rings. The molecule has 1 saturated carbocycles. The summed E-state index contributed by atoms with van der Waals surface area (Å²) in [4.78, 5) is 14.5. The lowest BCUT2D eigenvalue weighted by molar-refractivity contribution is 0.0750. The van der Waals surface area contributed by atoms with Gasteiger partial charge in [-0.15, -0.1) is 0 Å². The van der Waals surface area contributed by atoms with Crippen molar-refractivity contribution in [3.05, 3.63) is 30.0 Å². The third-order valence-electron chi connectivity index (χ3n) is 4.69. The van der Waals surface area contributed by atoms with Crippen molar-refractivity contribution in [2.45, 2.75) is 18.9 Å². The minimum atomic E-state index is -0.232. The van der Waals surface area contributed by atoms with Crippen LogP contribution < -0.4 is 0 Å². The van der Waals surface area contributed by atoms with Crippen LogP contribution in [0, 0.1) is 11.8 Å². The standard InChI is InChI=1S/C15H16N2O2S/c18-12-6-5-9-7-17(8-11(9)12)15(19)14-10-3-1-2-4-13(10)20-16-14/h1-4,9,11-12,18H,5-8H2/t9-,11+,12-/m1/s1. The van der Waals surface area contributed by atoms with Crippen LogP contribution in [0.25, 0.3) is 10.1 Å². The Labute approximate surface area is 121 Å². The zero-order chi connectivity index (χ0) is 13.7. The molecule has 1 saturated heterocycles. The van der Waals surface area contributed by atoms with Gasteiger partial charge in [0.15, 0.2) is 0 Å². The molecule has 2 heterocycles. The van der Waals surface area contributed by atoms with E-state index in [1.807, 2.05) is 29.2 Å². The molecule has 2 fully saturated rings. The van der Waals surface area contributed by atoms with Gasteiger partial charge >= 0.3 is 0 Å². The number of amides is 1. The van der Waals surface area contributed by atoms with Crippen molar-refractivity contribution >= 4 is 27.5 Å². The van der Waals surface area contributed by atoms with Gasteiger partial charge < -0.3 is 10.0 Å². The van der Waals surface area contributed by atoms with Crippen LogP contribution in [0.15, 0.2) is 24.3 Å². The summed E-state index contributed by atoms with van der Waals surface area (Å²) in [5.41, 5.74) is 0.570. The molecule has 3 atom stereocenters. The van der Waals surface area contributed by atoms with Crippen LogP contribution in [-0.2, 0) is 0 Å². The fraction of sp³-hybridized carbons (Fsp3) is 0.467. The number of fused-ring (bicyclic) bond motifs is 2. The molecule has 20 heavy (non-hydrogen) atoms. The third kappa shape index (κ3) is 1.77. The van der Waals surface area contributed by atoms with Gasteiger partial charge in [-0.1, -0.05) is 18.2 Å². The summed E-state index contributed by atoms with van der Waals surface area (Å²) in [5.74, 6) is 0.756. The SMILES string of the molecule is O=C(c1nsc2ccccc12)N1C[C@H]2CC[C@@H](O)[C@H]2C1. The lowest BCUT2D eigenvalue weighted by atomic mass is 10.00. The van der Waals surface area contributed by atoms with E-state index in [0.29, 0.717) is 18.2 Å². The summed E-state index contributed by atoms with van der Waals surface area (Å²) in [6.45, 7) is 1.45.